The molecule has 0 aliphatic heterocycles. The van der Waals surface area contributed by atoms with Crippen molar-refractivity contribution in [3.05, 3.63) is 65.5 Å². The van der Waals surface area contributed by atoms with Crippen LogP contribution in [0.2, 0.25) is 0 Å². The zero-order valence-electron chi connectivity index (χ0n) is 14.8. The van der Waals surface area contributed by atoms with Crippen molar-refractivity contribution in [3.8, 4) is 17.4 Å². The molecule has 0 aliphatic rings. The van der Waals surface area contributed by atoms with Crippen molar-refractivity contribution >= 4 is 5.91 Å². The highest BCUT2D eigenvalue weighted by atomic mass is 19.1. The monoisotopic (exact) mass is 353 g/mol. The molecule has 1 aromatic heterocycles. The smallest absolute Gasteiger partial charge is 0.336 e. The van der Waals surface area contributed by atoms with Gasteiger partial charge in [0.2, 0.25) is 0 Å². The number of carbonyl (C=O) groups is 1. The summed E-state index contributed by atoms with van der Waals surface area (Å²) in [6, 6.07) is 13.6. The number of rotatable bonds is 6. The maximum Gasteiger partial charge on any atom is 0.336 e. The summed E-state index contributed by atoms with van der Waals surface area (Å²) in [6.07, 6.45) is 1.70. The first-order valence-corrected chi connectivity index (χ1v) is 8.62. The van der Waals surface area contributed by atoms with Gasteiger partial charge >= 0.3 is 6.01 Å². The van der Waals surface area contributed by atoms with Gasteiger partial charge < -0.3 is 4.74 Å². The summed E-state index contributed by atoms with van der Waals surface area (Å²) in [5, 5.41) is 4.15. The molecule has 0 bridgehead atoms. The highest BCUT2D eigenvalue weighted by Crippen LogP contribution is 2.22. The Kier molecular flexibility index (Phi) is 5.41. The molecular weight excluding hydrogens is 333 g/mol. The molecule has 0 aliphatic carbocycles. The lowest BCUT2D eigenvalue weighted by molar-refractivity contribution is 0.0940. The molecule has 0 atom stereocenters. The molecule has 5 nitrogen and oxygen atoms in total. The van der Waals surface area contributed by atoms with E-state index in [4.69, 9.17) is 4.74 Å². The topological polar surface area (TPSA) is 57.0 Å². The van der Waals surface area contributed by atoms with Crippen LogP contribution in [0.3, 0.4) is 0 Å². The third kappa shape index (κ3) is 3.64. The van der Waals surface area contributed by atoms with Crippen LogP contribution in [0, 0.1) is 5.82 Å². The number of ether oxygens (including phenoxy) is 1. The lowest BCUT2D eigenvalue weighted by Crippen LogP contribution is -2.16. The van der Waals surface area contributed by atoms with Gasteiger partial charge in [-0.15, -0.1) is 5.10 Å². The van der Waals surface area contributed by atoms with Crippen LogP contribution in [0.4, 0.5) is 4.39 Å². The van der Waals surface area contributed by atoms with E-state index in [1.54, 1.807) is 6.07 Å². The number of hydrogen-bond donors (Lipinski definition) is 0. The number of aryl methyl sites for hydroxylation is 1. The second kappa shape index (κ2) is 7.91. The van der Waals surface area contributed by atoms with Gasteiger partial charge in [-0.25, -0.2) is 4.39 Å². The molecule has 134 valence electrons. The Morgan fingerprint density at radius 3 is 2.50 bits per heavy atom. The molecule has 0 saturated carbocycles. The SMILES string of the molecule is CCCOc1nc(-c2ccc(CC)cc2)n(C(=O)c2ccccc2F)n1. The Hall–Kier alpha value is -3.02. The van der Waals surface area contributed by atoms with Crippen molar-refractivity contribution in [1.82, 2.24) is 14.8 Å². The van der Waals surface area contributed by atoms with Crippen molar-refractivity contribution in [3.63, 3.8) is 0 Å². The Bertz CT molecular complexity index is 904. The number of hydrogen-bond acceptors (Lipinski definition) is 4. The summed E-state index contributed by atoms with van der Waals surface area (Å²) in [5.41, 5.74) is 1.82. The Labute approximate surface area is 151 Å². The van der Waals surface area contributed by atoms with Crippen LogP contribution in [0.1, 0.15) is 36.2 Å². The quantitative estimate of drug-likeness (QED) is 0.669. The van der Waals surface area contributed by atoms with E-state index in [9.17, 15) is 9.18 Å². The van der Waals surface area contributed by atoms with Crippen molar-refractivity contribution in [2.24, 2.45) is 0 Å². The van der Waals surface area contributed by atoms with E-state index in [1.165, 1.54) is 23.8 Å². The molecule has 26 heavy (non-hydrogen) atoms. The Morgan fingerprint density at radius 2 is 1.85 bits per heavy atom. The largest absolute Gasteiger partial charge is 0.462 e. The number of aromatic nitrogens is 3. The van der Waals surface area contributed by atoms with E-state index in [-0.39, 0.29) is 11.6 Å². The maximum atomic E-state index is 14.1. The molecule has 0 radical (unpaired) electrons. The zero-order valence-corrected chi connectivity index (χ0v) is 14.8. The first-order chi connectivity index (χ1) is 12.6. The average Bonchev–Trinajstić information content (AvgIpc) is 3.10. The fraction of sp³-hybridized carbons (Fsp3) is 0.250. The van der Waals surface area contributed by atoms with Gasteiger partial charge in [-0.1, -0.05) is 50.2 Å². The van der Waals surface area contributed by atoms with E-state index in [0.717, 1.165) is 17.5 Å². The third-order valence-corrected chi connectivity index (χ3v) is 3.94. The minimum atomic E-state index is -0.601. The van der Waals surface area contributed by atoms with E-state index in [2.05, 4.69) is 17.0 Å². The van der Waals surface area contributed by atoms with Crippen LogP contribution in [-0.4, -0.2) is 27.3 Å². The molecule has 0 unspecified atom stereocenters. The van der Waals surface area contributed by atoms with E-state index in [0.29, 0.717) is 18.0 Å². The molecule has 0 amide bonds. The standard InChI is InChI=1S/C20H20FN3O2/c1-3-13-26-20-22-18(15-11-9-14(4-2)10-12-15)24(23-20)19(25)16-7-5-6-8-17(16)21/h5-12H,3-4,13H2,1-2H3. The Morgan fingerprint density at radius 1 is 1.12 bits per heavy atom. The molecule has 0 fully saturated rings. The number of carbonyl (C=O) groups excluding carboxylic acids is 1. The van der Waals surface area contributed by atoms with Gasteiger partial charge in [-0.3, -0.25) is 4.79 Å². The molecule has 6 heteroatoms. The summed E-state index contributed by atoms with van der Waals surface area (Å²) in [5.74, 6) is -0.861. The van der Waals surface area contributed by atoms with E-state index >= 15 is 0 Å². The van der Waals surface area contributed by atoms with Crippen molar-refractivity contribution in [2.75, 3.05) is 6.61 Å². The number of benzene rings is 2. The minimum absolute atomic E-state index is 0.0640. The molecular formula is C20H20FN3O2. The normalized spacial score (nSPS) is 10.7. The summed E-state index contributed by atoms with van der Waals surface area (Å²) in [4.78, 5) is 17.2. The second-order valence-electron chi connectivity index (χ2n) is 5.81. The molecule has 3 rings (SSSR count). The predicted molar refractivity (Wildman–Crippen MR) is 96.8 cm³/mol. The van der Waals surface area contributed by atoms with Gasteiger partial charge in [0.15, 0.2) is 5.82 Å². The summed E-state index contributed by atoms with van der Waals surface area (Å²) >= 11 is 0. The summed E-state index contributed by atoms with van der Waals surface area (Å²) < 4.78 is 20.6. The van der Waals surface area contributed by atoms with Crippen molar-refractivity contribution in [2.45, 2.75) is 26.7 Å². The molecule has 0 N–H and O–H groups in total. The summed E-state index contributed by atoms with van der Waals surface area (Å²) in [6.45, 7) is 4.47. The van der Waals surface area contributed by atoms with Gasteiger partial charge in [0.1, 0.15) is 5.82 Å². The first-order valence-electron chi connectivity index (χ1n) is 8.62. The zero-order chi connectivity index (χ0) is 18.5. The van der Waals surface area contributed by atoms with Crippen molar-refractivity contribution in [1.29, 1.82) is 0 Å². The van der Waals surface area contributed by atoms with Gasteiger partial charge in [0.25, 0.3) is 5.91 Å². The van der Waals surface area contributed by atoms with Crippen LogP contribution in [-0.2, 0) is 6.42 Å². The van der Waals surface area contributed by atoms with Crippen LogP contribution in [0.5, 0.6) is 6.01 Å². The van der Waals surface area contributed by atoms with Gasteiger partial charge in [0.05, 0.1) is 12.2 Å². The molecule has 1 heterocycles. The second-order valence-corrected chi connectivity index (χ2v) is 5.81. The third-order valence-electron chi connectivity index (χ3n) is 3.94. The highest BCUT2D eigenvalue weighted by Gasteiger charge is 2.22. The average molecular weight is 353 g/mol. The van der Waals surface area contributed by atoms with Crippen LogP contribution in [0.15, 0.2) is 48.5 Å². The number of nitrogens with zero attached hydrogens (tertiary/aromatic N) is 3. The number of halogens is 1. The van der Waals surface area contributed by atoms with E-state index in [1.807, 2.05) is 31.2 Å². The lowest BCUT2D eigenvalue weighted by Gasteiger charge is -2.06. The summed E-state index contributed by atoms with van der Waals surface area (Å²) in [7, 11) is 0. The Balaban J connectivity index is 2.05. The van der Waals surface area contributed by atoms with E-state index < -0.39 is 11.7 Å². The molecule has 0 spiro atoms. The van der Waals surface area contributed by atoms with Crippen LogP contribution in [0.25, 0.3) is 11.4 Å². The maximum absolute atomic E-state index is 14.1. The molecule has 2 aromatic carbocycles. The lowest BCUT2D eigenvalue weighted by atomic mass is 10.1. The van der Waals surface area contributed by atoms with Gasteiger partial charge in [-0.2, -0.15) is 9.67 Å². The van der Waals surface area contributed by atoms with Gasteiger partial charge in [-0.05, 0) is 30.5 Å². The fourth-order valence-corrected chi connectivity index (χ4v) is 2.51. The highest BCUT2D eigenvalue weighted by molar-refractivity contribution is 5.97. The minimum Gasteiger partial charge on any atom is -0.462 e. The van der Waals surface area contributed by atoms with Crippen LogP contribution < -0.4 is 4.74 Å². The predicted octanol–water partition coefficient (Wildman–Crippen LogP) is 4.12. The fourth-order valence-electron chi connectivity index (χ4n) is 2.51. The van der Waals surface area contributed by atoms with Crippen LogP contribution >= 0.6 is 0 Å². The molecule has 3 aromatic rings. The van der Waals surface area contributed by atoms with Gasteiger partial charge in [0, 0.05) is 5.56 Å². The van der Waals surface area contributed by atoms with Crippen molar-refractivity contribution < 1.29 is 13.9 Å². The molecule has 0 saturated heterocycles. The first kappa shape index (κ1) is 17.8.